The van der Waals surface area contributed by atoms with Crippen molar-refractivity contribution in [3.63, 3.8) is 0 Å². The second kappa shape index (κ2) is 5.16. The van der Waals surface area contributed by atoms with E-state index in [0.29, 0.717) is 18.2 Å². The number of hydrogen-bond donors (Lipinski definition) is 2. The van der Waals surface area contributed by atoms with Crippen molar-refractivity contribution < 1.29 is 9.90 Å². The van der Waals surface area contributed by atoms with Crippen LogP contribution in [0.4, 0.5) is 0 Å². The van der Waals surface area contributed by atoms with Gasteiger partial charge in [0, 0.05) is 41.8 Å². The number of aliphatic hydroxyl groups excluding tert-OH is 1. The lowest BCUT2D eigenvalue weighted by atomic mass is 10.1. The van der Waals surface area contributed by atoms with Crippen molar-refractivity contribution >= 4 is 16.8 Å². The van der Waals surface area contributed by atoms with Crippen LogP contribution in [-0.4, -0.2) is 45.7 Å². The van der Waals surface area contributed by atoms with Gasteiger partial charge in [-0.15, -0.1) is 0 Å². The number of amides is 1. The maximum atomic E-state index is 11.2. The zero-order valence-corrected chi connectivity index (χ0v) is 12.4. The molecule has 1 saturated heterocycles. The van der Waals surface area contributed by atoms with E-state index >= 15 is 0 Å². The Bertz CT molecular complexity index is 677. The Balaban J connectivity index is 1.96. The molecule has 0 spiro atoms. The Morgan fingerprint density at radius 1 is 1.33 bits per heavy atom. The third kappa shape index (κ3) is 2.43. The predicted octanol–water partition coefficient (Wildman–Crippen LogP) is 1.37. The second-order valence-corrected chi connectivity index (χ2v) is 6.04. The summed E-state index contributed by atoms with van der Waals surface area (Å²) in [4.78, 5) is 13.5. The van der Waals surface area contributed by atoms with Gasteiger partial charge in [-0.2, -0.15) is 0 Å². The van der Waals surface area contributed by atoms with Crippen LogP contribution in [0.15, 0.2) is 30.5 Å². The Kier molecular flexibility index (Phi) is 3.47. The molecule has 2 aromatic rings. The van der Waals surface area contributed by atoms with Crippen LogP contribution in [0.25, 0.3) is 10.9 Å². The molecule has 1 fully saturated rings. The van der Waals surface area contributed by atoms with E-state index in [0.717, 1.165) is 17.4 Å². The van der Waals surface area contributed by atoms with Gasteiger partial charge in [0.2, 0.25) is 5.91 Å². The zero-order valence-electron chi connectivity index (χ0n) is 12.4. The van der Waals surface area contributed by atoms with Crippen LogP contribution in [0.2, 0.25) is 0 Å². The van der Waals surface area contributed by atoms with E-state index in [-0.39, 0.29) is 12.1 Å². The largest absolute Gasteiger partial charge is 0.390 e. The molecular formula is C16H21N3O2. The molecule has 0 bridgehead atoms. The maximum Gasteiger partial charge on any atom is 0.248 e. The number of β-amino-alcohol motifs (C(OH)–C–C–N with tert-alkyl or cyclic N) is 1. The van der Waals surface area contributed by atoms with Gasteiger partial charge < -0.3 is 15.4 Å². The van der Waals surface area contributed by atoms with Gasteiger partial charge in [-0.05, 0) is 38.1 Å². The first-order chi connectivity index (χ1) is 9.97. The van der Waals surface area contributed by atoms with Gasteiger partial charge in [-0.3, -0.25) is 9.69 Å². The van der Waals surface area contributed by atoms with Crippen molar-refractivity contribution in [3.8, 4) is 0 Å². The van der Waals surface area contributed by atoms with E-state index in [1.165, 1.54) is 0 Å². The zero-order chi connectivity index (χ0) is 15.1. The number of nitrogens with zero attached hydrogens (tertiary/aromatic N) is 2. The van der Waals surface area contributed by atoms with Gasteiger partial charge in [0.1, 0.15) is 0 Å². The Hall–Kier alpha value is -1.85. The molecule has 1 aliphatic heterocycles. The molecule has 2 atom stereocenters. The van der Waals surface area contributed by atoms with E-state index < -0.39 is 5.91 Å². The van der Waals surface area contributed by atoms with Gasteiger partial charge in [-0.25, -0.2) is 0 Å². The van der Waals surface area contributed by atoms with Crippen molar-refractivity contribution in [2.45, 2.75) is 32.0 Å². The lowest BCUT2D eigenvalue weighted by molar-refractivity contribution is 0.100. The number of fused-ring (bicyclic) bond motifs is 1. The fraction of sp³-hybridized carbons (Fsp3) is 0.438. The summed E-state index contributed by atoms with van der Waals surface area (Å²) < 4.78 is 2.10. The summed E-state index contributed by atoms with van der Waals surface area (Å²) >= 11 is 0. The first-order valence-electron chi connectivity index (χ1n) is 7.30. The highest BCUT2D eigenvalue weighted by atomic mass is 16.3. The number of benzene rings is 1. The molecule has 5 heteroatoms. The van der Waals surface area contributed by atoms with Crippen molar-refractivity contribution in [2.75, 3.05) is 13.1 Å². The van der Waals surface area contributed by atoms with Gasteiger partial charge >= 0.3 is 0 Å². The second-order valence-electron chi connectivity index (χ2n) is 6.04. The van der Waals surface area contributed by atoms with E-state index in [2.05, 4.69) is 23.3 Å². The van der Waals surface area contributed by atoms with Gasteiger partial charge in [0.05, 0.1) is 12.1 Å². The Labute approximate surface area is 124 Å². The fourth-order valence-electron chi connectivity index (χ4n) is 3.10. The molecule has 1 aliphatic rings. The average Bonchev–Trinajstić information content (AvgIpc) is 3.01. The van der Waals surface area contributed by atoms with E-state index in [1.54, 1.807) is 12.1 Å². The van der Waals surface area contributed by atoms with Crippen LogP contribution in [0.1, 0.15) is 30.2 Å². The predicted molar refractivity (Wildman–Crippen MR) is 82.2 cm³/mol. The number of rotatable bonds is 3. The highest BCUT2D eigenvalue weighted by Gasteiger charge is 2.34. The molecule has 1 aromatic carbocycles. The monoisotopic (exact) mass is 287 g/mol. The van der Waals surface area contributed by atoms with Crippen LogP contribution in [-0.2, 0) is 0 Å². The minimum Gasteiger partial charge on any atom is -0.390 e. The molecule has 0 radical (unpaired) electrons. The normalized spacial score (nSPS) is 23.2. The van der Waals surface area contributed by atoms with E-state index in [9.17, 15) is 9.90 Å². The molecule has 1 amide bonds. The molecule has 21 heavy (non-hydrogen) atoms. The lowest BCUT2D eigenvalue weighted by Crippen LogP contribution is -2.29. The number of hydrogen-bond acceptors (Lipinski definition) is 3. The molecule has 0 saturated carbocycles. The number of carbonyl (C=O) groups is 1. The Morgan fingerprint density at radius 3 is 2.71 bits per heavy atom. The van der Waals surface area contributed by atoms with Crippen molar-refractivity contribution in [3.05, 3.63) is 36.0 Å². The SMILES string of the molecule is CC(C)N1C[C@@H](O)[C@H](n2ccc3cc(C(N)=O)ccc32)C1. The molecule has 5 nitrogen and oxygen atoms in total. The number of primary amides is 1. The molecule has 0 aliphatic carbocycles. The molecule has 0 unspecified atom stereocenters. The number of aliphatic hydroxyl groups is 1. The molecular weight excluding hydrogens is 266 g/mol. The summed E-state index contributed by atoms with van der Waals surface area (Å²) in [5, 5.41) is 11.3. The molecule has 3 N–H and O–H groups in total. The average molecular weight is 287 g/mol. The minimum atomic E-state index is -0.420. The number of aromatic nitrogens is 1. The molecule has 112 valence electrons. The number of nitrogens with two attached hydrogens (primary N) is 1. The summed E-state index contributed by atoms with van der Waals surface area (Å²) in [7, 11) is 0. The maximum absolute atomic E-state index is 11.2. The van der Waals surface area contributed by atoms with Gasteiger partial charge in [0.15, 0.2) is 0 Å². The number of carbonyl (C=O) groups excluding carboxylic acids is 1. The molecule has 2 heterocycles. The summed E-state index contributed by atoms with van der Waals surface area (Å²) in [6.07, 6.45) is 1.60. The molecule has 3 rings (SSSR count). The number of likely N-dealkylation sites (tertiary alicyclic amines) is 1. The quantitative estimate of drug-likeness (QED) is 0.895. The van der Waals surface area contributed by atoms with Crippen LogP contribution in [0.3, 0.4) is 0 Å². The minimum absolute atomic E-state index is 0.0457. The van der Waals surface area contributed by atoms with Crippen LogP contribution >= 0.6 is 0 Å². The van der Waals surface area contributed by atoms with Crippen molar-refractivity contribution in [1.82, 2.24) is 9.47 Å². The summed E-state index contributed by atoms with van der Waals surface area (Å²) in [6, 6.07) is 7.88. The fourth-order valence-corrected chi connectivity index (χ4v) is 3.10. The topological polar surface area (TPSA) is 71.5 Å². The van der Waals surface area contributed by atoms with Crippen molar-refractivity contribution in [2.24, 2.45) is 5.73 Å². The van der Waals surface area contributed by atoms with Gasteiger partial charge in [-0.1, -0.05) is 0 Å². The lowest BCUT2D eigenvalue weighted by Gasteiger charge is -2.20. The van der Waals surface area contributed by atoms with Crippen LogP contribution < -0.4 is 5.73 Å². The first-order valence-corrected chi connectivity index (χ1v) is 7.30. The van der Waals surface area contributed by atoms with Crippen LogP contribution in [0.5, 0.6) is 0 Å². The molecule has 1 aromatic heterocycles. The van der Waals surface area contributed by atoms with E-state index in [4.69, 9.17) is 5.73 Å². The standard InChI is InChI=1S/C16H21N3O2/c1-10(2)18-8-14(15(20)9-18)19-6-5-11-7-12(16(17)21)3-4-13(11)19/h3-7,10,14-15,20H,8-9H2,1-2H3,(H2,17,21)/t14-,15-/m1/s1. The highest BCUT2D eigenvalue weighted by molar-refractivity contribution is 5.97. The summed E-state index contributed by atoms with van der Waals surface area (Å²) in [5.41, 5.74) is 6.85. The third-order valence-corrected chi connectivity index (χ3v) is 4.38. The Morgan fingerprint density at radius 2 is 2.10 bits per heavy atom. The highest BCUT2D eigenvalue weighted by Crippen LogP contribution is 2.29. The van der Waals surface area contributed by atoms with Gasteiger partial charge in [0.25, 0.3) is 0 Å². The smallest absolute Gasteiger partial charge is 0.248 e. The summed E-state index contributed by atoms with van der Waals surface area (Å²) in [5.74, 6) is -0.420. The summed E-state index contributed by atoms with van der Waals surface area (Å²) in [6.45, 7) is 5.81. The van der Waals surface area contributed by atoms with Crippen LogP contribution in [0, 0.1) is 0 Å². The van der Waals surface area contributed by atoms with Crippen molar-refractivity contribution in [1.29, 1.82) is 0 Å². The first kappa shape index (κ1) is 14.1. The van der Waals surface area contributed by atoms with E-state index in [1.807, 2.05) is 18.3 Å². The third-order valence-electron chi connectivity index (χ3n) is 4.38.